The standard InChI is InChI=1S/C14H26N2O3/c1-2-5-12(10-14(18)19)16-13(17)8-7-11-6-3-4-9-15-11/h11-12,15H,2-10H2,1H3,(H,16,17)(H,18,19). The van der Waals surface area contributed by atoms with Crippen molar-refractivity contribution in [3.8, 4) is 0 Å². The summed E-state index contributed by atoms with van der Waals surface area (Å²) in [6, 6.07) is 0.220. The summed E-state index contributed by atoms with van der Waals surface area (Å²) in [4.78, 5) is 22.5. The van der Waals surface area contributed by atoms with Gasteiger partial charge in [0, 0.05) is 18.5 Å². The van der Waals surface area contributed by atoms with E-state index in [1.165, 1.54) is 12.8 Å². The minimum Gasteiger partial charge on any atom is -0.481 e. The third-order valence-electron chi connectivity index (χ3n) is 3.56. The van der Waals surface area contributed by atoms with Gasteiger partial charge in [0.15, 0.2) is 0 Å². The molecule has 0 spiro atoms. The maximum absolute atomic E-state index is 11.8. The van der Waals surface area contributed by atoms with Gasteiger partial charge in [0.2, 0.25) is 5.91 Å². The Kier molecular flexibility index (Phi) is 7.48. The van der Waals surface area contributed by atoms with E-state index in [2.05, 4.69) is 10.6 Å². The lowest BCUT2D eigenvalue weighted by molar-refractivity contribution is -0.137. The third kappa shape index (κ3) is 7.15. The lowest BCUT2D eigenvalue weighted by Crippen LogP contribution is -2.38. The smallest absolute Gasteiger partial charge is 0.305 e. The van der Waals surface area contributed by atoms with Crippen molar-refractivity contribution in [3.05, 3.63) is 0 Å². The lowest BCUT2D eigenvalue weighted by Gasteiger charge is -2.23. The molecule has 1 fully saturated rings. The number of hydrogen-bond donors (Lipinski definition) is 3. The molecule has 0 aliphatic carbocycles. The molecule has 0 saturated carbocycles. The molecule has 3 N–H and O–H groups in total. The summed E-state index contributed by atoms with van der Waals surface area (Å²) >= 11 is 0. The number of carbonyl (C=O) groups is 2. The van der Waals surface area contributed by atoms with E-state index < -0.39 is 5.97 Å². The second kappa shape index (κ2) is 8.91. The summed E-state index contributed by atoms with van der Waals surface area (Å²) in [5.74, 6) is -0.875. The Labute approximate surface area is 115 Å². The van der Waals surface area contributed by atoms with Gasteiger partial charge in [0.1, 0.15) is 0 Å². The number of amides is 1. The average molecular weight is 270 g/mol. The number of carboxylic acid groups (broad SMARTS) is 1. The predicted molar refractivity (Wildman–Crippen MR) is 74.0 cm³/mol. The highest BCUT2D eigenvalue weighted by Gasteiger charge is 2.17. The number of carbonyl (C=O) groups excluding carboxylic acids is 1. The van der Waals surface area contributed by atoms with Crippen LogP contribution in [-0.4, -0.2) is 35.6 Å². The largest absolute Gasteiger partial charge is 0.481 e. The number of piperidine rings is 1. The maximum Gasteiger partial charge on any atom is 0.305 e. The van der Waals surface area contributed by atoms with Gasteiger partial charge in [0.25, 0.3) is 0 Å². The highest BCUT2D eigenvalue weighted by molar-refractivity contribution is 5.77. The maximum atomic E-state index is 11.8. The van der Waals surface area contributed by atoms with Crippen molar-refractivity contribution in [3.63, 3.8) is 0 Å². The number of hydrogen-bond acceptors (Lipinski definition) is 3. The van der Waals surface area contributed by atoms with Crippen LogP contribution in [0.4, 0.5) is 0 Å². The van der Waals surface area contributed by atoms with Crippen LogP contribution >= 0.6 is 0 Å². The Bertz CT molecular complexity index is 288. The van der Waals surface area contributed by atoms with Gasteiger partial charge in [-0.2, -0.15) is 0 Å². The zero-order chi connectivity index (χ0) is 14.1. The minimum atomic E-state index is -0.854. The molecule has 0 bridgehead atoms. The molecule has 0 aromatic carbocycles. The summed E-state index contributed by atoms with van der Waals surface area (Å²) in [6.07, 6.45) is 6.54. The minimum absolute atomic E-state index is 0.0151. The second-order valence-corrected chi connectivity index (χ2v) is 5.34. The number of nitrogens with one attached hydrogen (secondary N) is 2. The van der Waals surface area contributed by atoms with E-state index in [1.807, 2.05) is 6.92 Å². The Morgan fingerprint density at radius 3 is 2.79 bits per heavy atom. The Morgan fingerprint density at radius 1 is 1.42 bits per heavy atom. The highest BCUT2D eigenvalue weighted by atomic mass is 16.4. The summed E-state index contributed by atoms with van der Waals surface area (Å²) in [5.41, 5.74) is 0. The SMILES string of the molecule is CCCC(CC(=O)O)NC(=O)CCC1CCCCN1. The highest BCUT2D eigenvalue weighted by Crippen LogP contribution is 2.12. The van der Waals surface area contributed by atoms with Crippen LogP contribution in [0.2, 0.25) is 0 Å². The number of rotatable bonds is 8. The molecular weight excluding hydrogens is 244 g/mol. The van der Waals surface area contributed by atoms with E-state index in [1.54, 1.807) is 0 Å². The molecule has 1 rings (SSSR count). The van der Waals surface area contributed by atoms with Crippen LogP contribution in [0.25, 0.3) is 0 Å². The Morgan fingerprint density at radius 2 is 2.21 bits per heavy atom. The normalized spacial score (nSPS) is 20.8. The predicted octanol–water partition coefficient (Wildman–Crippen LogP) is 1.67. The van der Waals surface area contributed by atoms with E-state index in [4.69, 9.17) is 5.11 Å². The van der Waals surface area contributed by atoms with Crippen LogP contribution in [0.5, 0.6) is 0 Å². The van der Waals surface area contributed by atoms with Gasteiger partial charge < -0.3 is 15.7 Å². The van der Waals surface area contributed by atoms with Crippen LogP contribution in [0.15, 0.2) is 0 Å². The van der Waals surface area contributed by atoms with Gasteiger partial charge in [-0.15, -0.1) is 0 Å². The van der Waals surface area contributed by atoms with Gasteiger partial charge in [-0.1, -0.05) is 19.8 Å². The van der Waals surface area contributed by atoms with Gasteiger partial charge in [0.05, 0.1) is 6.42 Å². The van der Waals surface area contributed by atoms with E-state index in [-0.39, 0.29) is 18.4 Å². The van der Waals surface area contributed by atoms with Crippen molar-refractivity contribution in [2.45, 2.75) is 70.4 Å². The van der Waals surface area contributed by atoms with Crippen molar-refractivity contribution in [1.82, 2.24) is 10.6 Å². The topological polar surface area (TPSA) is 78.4 Å². The molecule has 1 saturated heterocycles. The first-order valence-electron chi connectivity index (χ1n) is 7.36. The summed E-state index contributed by atoms with van der Waals surface area (Å²) in [7, 11) is 0. The second-order valence-electron chi connectivity index (χ2n) is 5.34. The zero-order valence-corrected chi connectivity index (χ0v) is 11.8. The van der Waals surface area contributed by atoms with Gasteiger partial charge in [-0.25, -0.2) is 0 Å². The molecule has 1 aliphatic heterocycles. The fourth-order valence-electron chi connectivity index (χ4n) is 2.56. The molecular formula is C14H26N2O3. The first-order valence-corrected chi connectivity index (χ1v) is 7.36. The molecule has 2 atom stereocenters. The molecule has 5 nitrogen and oxygen atoms in total. The molecule has 19 heavy (non-hydrogen) atoms. The van der Waals surface area contributed by atoms with Crippen molar-refractivity contribution < 1.29 is 14.7 Å². The number of carboxylic acids is 1. The third-order valence-corrected chi connectivity index (χ3v) is 3.56. The van der Waals surface area contributed by atoms with Crippen LogP contribution in [0, 0.1) is 0 Å². The van der Waals surface area contributed by atoms with Crippen LogP contribution < -0.4 is 10.6 Å². The van der Waals surface area contributed by atoms with Crippen LogP contribution in [-0.2, 0) is 9.59 Å². The van der Waals surface area contributed by atoms with Crippen LogP contribution in [0.1, 0.15) is 58.3 Å². The van der Waals surface area contributed by atoms with E-state index in [0.717, 1.165) is 32.2 Å². The molecule has 0 aromatic heterocycles. The van der Waals surface area contributed by atoms with Crippen molar-refractivity contribution in [2.75, 3.05) is 6.54 Å². The molecule has 5 heteroatoms. The van der Waals surface area contributed by atoms with E-state index in [0.29, 0.717) is 12.5 Å². The zero-order valence-electron chi connectivity index (χ0n) is 11.8. The quantitative estimate of drug-likeness (QED) is 0.627. The molecule has 2 unspecified atom stereocenters. The average Bonchev–Trinajstić information content (AvgIpc) is 2.37. The van der Waals surface area contributed by atoms with Gasteiger partial charge in [-0.05, 0) is 32.2 Å². The monoisotopic (exact) mass is 270 g/mol. The Hall–Kier alpha value is -1.10. The van der Waals surface area contributed by atoms with E-state index in [9.17, 15) is 9.59 Å². The van der Waals surface area contributed by atoms with Gasteiger partial charge in [-0.3, -0.25) is 9.59 Å². The first-order chi connectivity index (χ1) is 9.11. The molecule has 1 heterocycles. The molecule has 0 radical (unpaired) electrons. The van der Waals surface area contributed by atoms with Gasteiger partial charge >= 0.3 is 5.97 Å². The summed E-state index contributed by atoms with van der Waals surface area (Å²) in [6.45, 7) is 3.04. The van der Waals surface area contributed by atoms with Crippen molar-refractivity contribution in [2.24, 2.45) is 0 Å². The van der Waals surface area contributed by atoms with Crippen molar-refractivity contribution >= 4 is 11.9 Å². The lowest BCUT2D eigenvalue weighted by atomic mass is 10.00. The first kappa shape index (κ1) is 16.0. The molecule has 1 amide bonds. The molecule has 1 aliphatic rings. The summed E-state index contributed by atoms with van der Waals surface area (Å²) < 4.78 is 0. The molecule has 110 valence electrons. The summed E-state index contributed by atoms with van der Waals surface area (Å²) in [5, 5.41) is 15.0. The van der Waals surface area contributed by atoms with Crippen LogP contribution in [0.3, 0.4) is 0 Å². The Balaban J connectivity index is 2.24. The van der Waals surface area contributed by atoms with E-state index >= 15 is 0 Å². The molecule has 0 aromatic rings. The number of aliphatic carboxylic acids is 1. The fraction of sp³-hybridized carbons (Fsp3) is 0.857. The fourth-order valence-corrected chi connectivity index (χ4v) is 2.56. The van der Waals surface area contributed by atoms with Crippen molar-refractivity contribution in [1.29, 1.82) is 0 Å².